The lowest BCUT2D eigenvalue weighted by molar-refractivity contribution is 0.177. The van der Waals surface area contributed by atoms with Crippen LogP contribution in [0.1, 0.15) is 19.8 Å². The summed E-state index contributed by atoms with van der Waals surface area (Å²) in [6.07, 6.45) is -1.46. The summed E-state index contributed by atoms with van der Waals surface area (Å²) in [7, 11) is 0. The minimum absolute atomic E-state index is 0.0613. The van der Waals surface area contributed by atoms with Crippen molar-refractivity contribution in [3.05, 3.63) is 24.0 Å². The van der Waals surface area contributed by atoms with E-state index in [4.69, 9.17) is 5.11 Å². The van der Waals surface area contributed by atoms with E-state index in [9.17, 15) is 18.0 Å². The van der Waals surface area contributed by atoms with E-state index in [1.54, 1.807) is 0 Å². The average Bonchev–Trinajstić information content (AvgIpc) is 2.45. The molecule has 0 aliphatic carbocycles. The predicted octanol–water partition coefficient (Wildman–Crippen LogP) is 3.47. The molecule has 0 saturated heterocycles. The van der Waals surface area contributed by atoms with Gasteiger partial charge in [0.1, 0.15) is 5.82 Å². The summed E-state index contributed by atoms with van der Waals surface area (Å²) in [5.74, 6) is -1.01. The third-order valence-corrected chi connectivity index (χ3v) is 3.95. The van der Waals surface area contributed by atoms with Crippen molar-refractivity contribution in [2.24, 2.45) is 0 Å². The number of halogens is 3. The molecule has 0 radical (unpaired) electrons. The molecule has 1 aromatic carbocycles. The lowest BCUT2D eigenvalue weighted by atomic mass is 10.2. The maximum atomic E-state index is 13.3. The van der Waals surface area contributed by atoms with E-state index < -0.39 is 24.0 Å². The number of aliphatic hydroxyl groups excluding tert-OH is 1. The molecule has 0 aromatic heterocycles. The van der Waals surface area contributed by atoms with Crippen LogP contribution in [0.4, 0.5) is 23.7 Å². The molecule has 0 fully saturated rings. The van der Waals surface area contributed by atoms with Crippen molar-refractivity contribution in [3.8, 4) is 0 Å². The van der Waals surface area contributed by atoms with Crippen molar-refractivity contribution in [3.63, 3.8) is 0 Å². The first-order chi connectivity index (χ1) is 10.5. The van der Waals surface area contributed by atoms with Crippen LogP contribution in [0.2, 0.25) is 0 Å². The highest BCUT2D eigenvalue weighted by Crippen LogP contribution is 2.29. The summed E-state index contributed by atoms with van der Waals surface area (Å²) in [4.78, 5) is 12.2. The quantitative estimate of drug-likeness (QED) is 0.637. The van der Waals surface area contributed by atoms with Crippen LogP contribution in [-0.4, -0.2) is 36.0 Å². The number of anilines is 1. The first-order valence-corrected chi connectivity index (χ1v) is 7.83. The fraction of sp³-hybridized carbons (Fsp3) is 0.500. The van der Waals surface area contributed by atoms with Crippen molar-refractivity contribution in [2.75, 3.05) is 17.7 Å². The Balaban J connectivity index is 2.73. The Labute approximate surface area is 131 Å². The van der Waals surface area contributed by atoms with Gasteiger partial charge in [-0.25, -0.2) is 18.0 Å². The molecule has 0 aliphatic rings. The van der Waals surface area contributed by atoms with Crippen LogP contribution in [0.25, 0.3) is 0 Å². The number of rotatable bonds is 8. The number of carbonyl (C=O) groups excluding carboxylic acids is 1. The molecular formula is C14H19F3N2O2S. The number of urea groups is 1. The van der Waals surface area contributed by atoms with Gasteiger partial charge in [-0.1, -0.05) is 6.92 Å². The molecular weight excluding hydrogens is 317 g/mol. The summed E-state index contributed by atoms with van der Waals surface area (Å²) < 4.78 is 37.8. The standard InChI is InChI=1S/C14H19F3N2O2S/c1-2-10(5-6-20)18-14(21)19-11-7-9(15)3-4-12(11)22-8-13(16)17/h3-4,7,10,13,20H,2,5-6,8H2,1H3,(H2,18,19,21). The van der Waals surface area contributed by atoms with E-state index in [0.29, 0.717) is 17.7 Å². The zero-order valence-corrected chi connectivity index (χ0v) is 12.9. The maximum Gasteiger partial charge on any atom is 0.319 e. The third-order valence-electron chi connectivity index (χ3n) is 2.86. The molecule has 0 saturated carbocycles. The van der Waals surface area contributed by atoms with E-state index in [0.717, 1.165) is 23.9 Å². The Hall–Kier alpha value is -1.41. The van der Waals surface area contributed by atoms with Crippen LogP contribution in [0.3, 0.4) is 0 Å². The minimum atomic E-state index is -2.49. The van der Waals surface area contributed by atoms with E-state index in [2.05, 4.69) is 10.6 Å². The molecule has 2 amide bonds. The summed E-state index contributed by atoms with van der Waals surface area (Å²) in [6.45, 7) is 1.79. The van der Waals surface area contributed by atoms with Crippen LogP contribution < -0.4 is 10.6 Å². The van der Waals surface area contributed by atoms with Crippen LogP contribution in [0.5, 0.6) is 0 Å². The van der Waals surface area contributed by atoms with Gasteiger partial charge in [-0.3, -0.25) is 0 Å². The third kappa shape index (κ3) is 6.57. The number of nitrogens with one attached hydrogen (secondary N) is 2. The SMILES string of the molecule is CCC(CCO)NC(=O)Nc1cc(F)ccc1SCC(F)F. The van der Waals surface area contributed by atoms with Gasteiger partial charge < -0.3 is 15.7 Å². The number of aliphatic hydroxyl groups is 1. The largest absolute Gasteiger partial charge is 0.396 e. The van der Waals surface area contributed by atoms with Crippen LogP contribution in [0.15, 0.2) is 23.1 Å². The topological polar surface area (TPSA) is 61.4 Å². The van der Waals surface area contributed by atoms with E-state index in [1.165, 1.54) is 6.07 Å². The zero-order valence-electron chi connectivity index (χ0n) is 12.1. The molecule has 3 N–H and O–H groups in total. The van der Waals surface area contributed by atoms with Gasteiger partial charge in [-0.15, -0.1) is 11.8 Å². The summed E-state index contributed by atoms with van der Waals surface area (Å²) >= 11 is 0.842. The van der Waals surface area contributed by atoms with E-state index >= 15 is 0 Å². The highest BCUT2D eigenvalue weighted by atomic mass is 32.2. The molecule has 0 heterocycles. The molecule has 0 spiro atoms. The monoisotopic (exact) mass is 336 g/mol. The minimum Gasteiger partial charge on any atom is -0.396 e. The van der Waals surface area contributed by atoms with Crippen molar-refractivity contribution in [1.82, 2.24) is 5.32 Å². The van der Waals surface area contributed by atoms with Gasteiger partial charge in [0.05, 0.1) is 11.4 Å². The Morgan fingerprint density at radius 3 is 2.73 bits per heavy atom. The summed E-state index contributed by atoms with van der Waals surface area (Å²) in [5, 5.41) is 14.0. The van der Waals surface area contributed by atoms with Crippen molar-refractivity contribution in [2.45, 2.75) is 37.1 Å². The number of hydrogen-bond acceptors (Lipinski definition) is 3. The summed E-state index contributed by atoms with van der Waals surface area (Å²) in [5.41, 5.74) is 0.141. The Morgan fingerprint density at radius 2 is 2.14 bits per heavy atom. The lowest BCUT2D eigenvalue weighted by Gasteiger charge is -2.17. The molecule has 8 heteroatoms. The molecule has 1 unspecified atom stereocenters. The normalized spacial score (nSPS) is 12.3. The number of amides is 2. The first-order valence-electron chi connectivity index (χ1n) is 6.85. The molecule has 1 aromatic rings. The molecule has 22 heavy (non-hydrogen) atoms. The van der Waals surface area contributed by atoms with E-state index in [1.807, 2.05) is 6.92 Å². The molecule has 0 bridgehead atoms. The van der Waals surface area contributed by atoms with Crippen LogP contribution in [0, 0.1) is 5.82 Å². The van der Waals surface area contributed by atoms with Gasteiger partial charge in [0, 0.05) is 17.5 Å². The first kappa shape index (κ1) is 18.6. The number of thioether (sulfide) groups is 1. The van der Waals surface area contributed by atoms with Gasteiger partial charge in [0.25, 0.3) is 0 Å². The number of benzene rings is 1. The second kappa shape index (κ2) is 9.58. The van der Waals surface area contributed by atoms with Gasteiger partial charge in [-0.05, 0) is 31.0 Å². The number of hydrogen-bond donors (Lipinski definition) is 3. The van der Waals surface area contributed by atoms with Gasteiger partial charge >= 0.3 is 6.03 Å². The number of carbonyl (C=O) groups is 1. The molecule has 0 aliphatic heterocycles. The van der Waals surface area contributed by atoms with Gasteiger partial charge in [0.2, 0.25) is 6.43 Å². The molecule has 1 atom stereocenters. The number of alkyl halides is 2. The van der Waals surface area contributed by atoms with Crippen molar-refractivity contribution in [1.29, 1.82) is 0 Å². The molecule has 1 rings (SSSR count). The highest BCUT2D eigenvalue weighted by Gasteiger charge is 2.14. The van der Waals surface area contributed by atoms with Crippen LogP contribution >= 0.6 is 11.8 Å². The Bertz CT molecular complexity index is 489. The van der Waals surface area contributed by atoms with Crippen LogP contribution in [-0.2, 0) is 0 Å². The Morgan fingerprint density at radius 1 is 1.41 bits per heavy atom. The fourth-order valence-corrected chi connectivity index (χ4v) is 2.49. The lowest BCUT2D eigenvalue weighted by Crippen LogP contribution is -2.38. The summed E-state index contributed by atoms with van der Waals surface area (Å²) in [6, 6.07) is 2.81. The maximum absolute atomic E-state index is 13.3. The second-order valence-electron chi connectivity index (χ2n) is 4.56. The average molecular weight is 336 g/mol. The van der Waals surface area contributed by atoms with Crippen molar-refractivity contribution >= 4 is 23.5 Å². The smallest absolute Gasteiger partial charge is 0.319 e. The predicted molar refractivity (Wildman–Crippen MR) is 81.1 cm³/mol. The Kier molecular flexibility index (Phi) is 8.11. The van der Waals surface area contributed by atoms with Crippen molar-refractivity contribution < 1.29 is 23.1 Å². The second-order valence-corrected chi connectivity index (χ2v) is 5.62. The molecule has 124 valence electrons. The molecule has 4 nitrogen and oxygen atoms in total. The highest BCUT2D eigenvalue weighted by molar-refractivity contribution is 7.99. The van der Waals surface area contributed by atoms with E-state index in [-0.39, 0.29) is 18.3 Å². The van der Waals surface area contributed by atoms with Gasteiger partial charge in [-0.2, -0.15) is 0 Å². The fourth-order valence-electron chi connectivity index (χ4n) is 1.76. The van der Waals surface area contributed by atoms with Gasteiger partial charge in [0.15, 0.2) is 0 Å². The zero-order chi connectivity index (χ0) is 16.5.